The van der Waals surface area contributed by atoms with Gasteiger partial charge in [0, 0.05) is 12.5 Å². The van der Waals surface area contributed by atoms with Crippen LogP contribution < -0.4 is 5.73 Å². The minimum atomic E-state index is -1.22. The first kappa shape index (κ1) is 11.6. The molecule has 0 saturated heterocycles. The van der Waals surface area contributed by atoms with Crippen LogP contribution in [0, 0.1) is 17.5 Å². The zero-order chi connectivity index (χ0) is 11.4. The van der Waals surface area contributed by atoms with Crippen LogP contribution in [0.4, 0.5) is 13.2 Å². The van der Waals surface area contributed by atoms with Gasteiger partial charge in [-0.15, -0.1) is 0 Å². The number of aryl methyl sites for hydroxylation is 1. The highest BCUT2D eigenvalue weighted by atomic mass is 19.2. The fourth-order valence-corrected chi connectivity index (χ4v) is 1.21. The molecule has 1 aromatic rings. The van der Waals surface area contributed by atoms with E-state index in [-0.39, 0.29) is 18.4 Å². The van der Waals surface area contributed by atoms with Crippen molar-refractivity contribution >= 4 is 5.91 Å². The number of carbonyl (C=O) groups excluding carboxylic acids is 1. The highest BCUT2D eigenvalue weighted by molar-refractivity contribution is 5.73. The number of hydrogen-bond acceptors (Lipinski definition) is 1. The quantitative estimate of drug-likeness (QED) is 0.769. The summed E-state index contributed by atoms with van der Waals surface area (Å²) in [5.41, 5.74) is 4.93. The van der Waals surface area contributed by atoms with E-state index in [0.29, 0.717) is 12.5 Å². The van der Waals surface area contributed by atoms with Gasteiger partial charge >= 0.3 is 0 Å². The van der Waals surface area contributed by atoms with Crippen molar-refractivity contribution in [3.63, 3.8) is 0 Å². The fourth-order valence-electron chi connectivity index (χ4n) is 1.21. The van der Waals surface area contributed by atoms with Crippen molar-refractivity contribution < 1.29 is 18.0 Å². The van der Waals surface area contributed by atoms with Crippen molar-refractivity contribution in [2.45, 2.75) is 19.3 Å². The lowest BCUT2D eigenvalue weighted by Gasteiger charge is -2.03. The fraction of sp³-hybridized carbons (Fsp3) is 0.300. The van der Waals surface area contributed by atoms with Gasteiger partial charge in [0.05, 0.1) is 0 Å². The van der Waals surface area contributed by atoms with Gasteiger partial charge in [-0.2, -0.15) is 0 Å². The Morgan fingerprint density at radius 2 is 1.73 bits per heavy atom. The maximum Gasteiger partial charge on any atom is 0.217 e. The van der Waals surface area contributed by atoms with Gasteiger partial charge in [-0.1, -0.05) is 0 Å². The molecule has 0 bridgehead atoms. The van der Waals surface area contributed by atoms with E-state index in [1.165, 1.54) is 0 Å². The van der Waals surface area contributed by atoms with Crippen LogP contribution >= 0.6 is 0 Å². The summed E-state index contributed by atoms with van der Waals surface area (Å²) >= 11 is 0. The van der Waals surface area contributed by atoms with Crippen molar-refractivity contribution in [1.82, 2.24) is 0 Å². The molecule has 0 aliphatic carbocycles. The van der Waals surface area contributed by atoms with Gasteiger partial charge in [-0.3, -0.25) is 4.79 Å². The number of carbonyl (C=O) groups is 1. The van der Waals surface area contributed by atoms with Gasteiger partial charge < -0.3 is 5.73 Å². The Kier molecular flexibility index (Phi) is 3.71. The Bertz CT molecular complexity index is 379. The lowest BCUT2D eigenvalue weighted by molar-refractivity contribution is -0.118. The smallest absolute Gasteiger partial charge is 0.217 e. The van der Waals surface area contributed by atoms with E-state index in [1.54, 1.807) is 0 Å². The molecule has 0 radical (unpaired) electrons. The molecule has 0 spiro atoms. The molecular formula is C10H10F3NO. The molecule has 0 saturated carbocycles. The van der Waals surface area contributed by atoms with E-state index in [1.807, 2.05) is 0 Å². The number of amides is 1. The van der Waals surface area contributed by atoms with E-state index in [4.69, 9.17) is 5.73 Å². The summed E-state index contributed by atoms with van der Waals surface area (Å²) in [6, 6.07) is 1.29. The van der Waals surface area contributed by atoms with E-state index >= 15 is 0 Å². The van der Waals surface area contributed by atoms with Crippen molar-refractivity contribution in [2.24, 2.45) is 5.73 Å². The Morgan fingerprint density at radius 1 is 1.13 bits per heavy atom. The maximum atomic E-state index is 13.0. The minimum Gasteiger partial charge on any atom is -0.370 e. The standard InChI is InChI=1S/C10H10F3NO/c11-7-5-9(13)8(12)4-6(7)2-1-3-10(14)15/h4-5H,1-3H2,(H2,14,15). The normalized spacial score (nSPS) is 10.3. The molecular weight excluding hydrogens is 207 g/mol. The Labute approximate surface area is 84.9 Å². The lowest BCUT2D eigenvalue weighted by atomic mass is 10.1. The minimum absolute atomic E-state index is 0.0511. The number of hydrogen-bond donors (Lipinski definition) is 1. The zero-order valence-electron chi connectivity index (χ0n) is 7.90. The van der Waals surface area contributed by atoms with Gasteiger partial charge in [-0.05, 0) is 24.5 Å². The van der Waals surface area contributed by atoms with Crippen LogP contribution in [0.5, 0.6) is 0 Å². The number of halogens is 3. The van der Waals surface area contributed by atoms with E-state index in [9.17, 15) is 18.0 Å². The van der Waals surface area contributed by atoms with Gasteiger partial charge in [-0.25, -0.2) is 13.2 Å². The molecule has 2 N–H and O–H groups in total. The predicted molar refractivity (Wildman–Crippen MR) is 48.4 cm³/mol. The Hall–Kier alpha value is -1.52. The van der Waals surface area contributed by atoms with Crippen LogP contribution in [0.1, 0.15) is 18.4 Å². The molecule has 5 heteroatoms. The first-order valence-corrected chi connectivity index (χ1v) is 4.42. The predicted octanol–water partition coefficient (Wildman–Crippen LogP) is 1.91. The zero-order valence-corrected chi connectivity index (χ0v) is 7.90. The number of primary amides is 1. The Morgan fingerprint density at radius 3 is 2.33 bits per heavy atom. The van der Waals surface area contributed by atoms with Gasteiger partial charge in [0.25, 0.3) is 0 Å². The van der Waals surface area contributed by atoms with Crippen LogP contribution in [-0.4, -0.2) is 5.91 Å². The molecule has 1 aromatic carbocycles. The molecule has 82 valence electrons. The highest BCUT2D eigenvalue weighted by Crippen LogP contribution is 2.15. The second-order valence-corrected chi connectivity index (χ2v) is 3.18. The van der Waals surface area contributed by atoms with Gasteiger partial charge in [0.2, 0.25) is 5.91 Å². The summed E-state index contributed by atoms with van der Waals surface area (Å²) < 4.78 is 38.3. The molecule has 15 heavy (non-hydrogen) atoms. The molecule has 0 heterocycles. The third-order valence-electron chi connectivity index (χ3n) is 1.96. The van der Waals surface area contributed by atoms with Gasteiger partial charge in [0.1, 0.15) is 5.82 Å². The molecule has 0 atom stereocenters. The molecule has 1 rings (SSSR count). The molecule has 0 unspecified atom stereocenters. The molecule has 0 fully saturated rings. The average Bonchev–Trinajstić information content (AvgIpc) is 2.13. The number of nitrogens with two attached hydrogens (primary N) is 1. The van der Waals surface area contributed by atoms with Crippen LogP contribution in [0.3, 0.4) is 0 Å². The monoisotopic (exact) mass is 217 g/mol. The lowest BCUT2D eigenvalue weighted by Crippen LogP contribution is -2.10. The largest absolute Gasteiger partial charge is 0.370 e. The van der Waals surface area contributed by atoms with Crippen molar-refractivity contribution in [1.29, 1.82) is 0 Å². The van der Waals surface area contributed by atoms with Crippen molar-refractivity contribution in [2.75, 3.05) is 0 Å². The molecule has 0 aromatic heterocycles. The van der Waals surface area contributed by atoms with Gasteiger partial charge in [0.15, 0.2) is 11.6 Å². The van der Waals surface area contributed by atoms with E-state index in [0.717, 1.165) is 6.07 Å². The maximum absolute atomic E-state index is 13.0. The van der Waals surface area contributed by atoms with Crippen LogP contribution in [0.25, 0.3) is 0 Å². The van der Waals surface area contributed by atoms with Crippen LogP contribution in [0.2, 0.25) is 0 Å². The second-order valence-electron chi connectivity index (χ2n) is 3.18. The summed E-state index contributed by atoms with van der Waals surface area (Å²) in [6.07, 6.45) is 0.571. The molecule has 1 amide bonds. The first-order valence-electron chi connectivity index (χ1n) is 4.42. The first-order chi connectivity index (χ1) is 7.00. The topological polar surface area (TPSA) is 43.1 Å². The van der Waals surface area contributed by atoms with E-state index in [2.05, 4.69) is 0 Å². The van der Waals surface area contributed by atoms with Crippen molar-refractivity contribution in [3.8, 4) is 0 Å². The van der Waals surface area contributed by atoms with Crippen LogP contribution in [0.15, 0.2) is 12.1 Å². The van der Waals surface area contributed by atoms with E-state index < -0.39 is 23.4 Å². The summed E-state index contributed by atoms with van der Waals surface area (Å²) in [5, 5.41) is 0. The average molecular weight is 217 g/mol. The highest BCUT2D eigenvalue weighted by Gasteiger charge is 2.09. The molecule has 0 aliphatic heterocycles. The third kappa shape index (κ3) is 3.27. The van der Waals surface area contributed by atoms with Crippen molar-refractivity contribution in [3.05, 3.63) is 35.1 Å². The summed E-state index contributed by atoms with van der Waals surface area (Å²) in [4.78, 5) is 10.4. The van der Waals surface area contributed by atoms with Crippen LogP contribution in [-0.2, 0) is 11.2 Å². The summed E-state index contributed by atoms with van der Waals surface area (Å²) in [6.45, 7) is 0. The summed E-state index contributed by atoms with van der Waals surface area (Å²) in [5.74, 6) is -3.62. The summed E-state index contributed by atoms with van der Waals surface area (Å²) in [7, 11) is 0. The Balaban J connectivity index is 2.69. The number of benzene rings is 1. The second kappa shape index (κ2) is 4.82. The SMILES string of the molecule is NC(=O)CCCc1cc(F)c(F)cc1F. The third-order valence-corrected chi connectivity index (χ3v) is 1.96. The number of rotatable bonds is 4. The molecule has 2 nitrogen and oxygen atoms in total. The molecule has 0 aliphatic rings.